The minimum Gasteiger partial charge on any atom is -0.494 e. The Labute approximate surface area is 201 Å². The lowest BCUT2D eigenvalue weighted by atomic mass is 9.77. The molecule has 0 spiro atoms. The summed E-state index contributed by atoms with van der Waals surface area (Å²) < 4.78 is 12.1. The van der Waals surface area contributed by atoms with Crippen molar-refractivity contribution in [1.82, 2.24) is 0 Å². The van der Waals surface area contributed by atoms with Crippen molar-refractivity contribution in [3.63, 3.8) is 0 Å². The maximum atomic E-state index is 6.08. The van der Waals surface area contributed by atoms with E-state index in [-0.39, 0.29) is 5.41 Å². The highest BCUT2D eigenvalue weighted by Crippen LogP contribution is 2.50. The van der Waals surface area contributed by atoms with Crippen LogP contribution in [-0.2, 0) is 16.6 Å². The molecular formula is C31H42O2. The van der Waals surface area contributed by atoms with Gasteiger partial charge in [0, 0.05) is 5.92 Å². The van der Waals surface area contributed by atoms with Gasteiger partial charge in [0.25, 0.3) is 0 Å². The minimum absolute atomic E-state index is 0.110. The zero-order valence-corrected chi connectivity index (χ0v) is 21.4. The Morgan fingerprint density at radius 3 is 2.42 bits per heavy atom. The monoisotopic (exact) mass is 446 g/mol. The van der Waals surface area contributed by atoms with Crippen molar-refractivity contribution in [1.29, 1.82) is 0 Å². The van der Waals surface area contributed by atoms with Crippen LogP contribution in [-0.4, -0.2) is 13.2 Å². The van der Waals surface area contributed by atoms with Gasteiger partial charge in [0.1, 0.15) is 11.5 Å². The highest BCUT2D eigenvalue weighted by molar-refractivity contribution is 5.57. The molecule has 0 fully saturated rings. The van der Waals surface area contributed by atoms with E-state index in [1.807, 2.05) is 0 Å². The molecule has 0 amide bonds. The summed E-state index contributed by atoms with van der Waals surface area (Å²) in [5.74, 6) is 2.90. The van der Waals surface area contributed by atoms with Gasteiger partial charge in [-0.1, -0.05) is 52.0 Å². The summed E-state index contributed by atoms with van der Waals surface area (Å²) >= 11 is 0. The van der Waals surface area contributed by atoms with Crippen LogP contribution in [0.2, 0.25) is 0 Å². The van der Waals surface area contributed by atoms with Gasteiger partial charge in [-0.15, -0.1) is 0 Å². The highest BCUT2D eigenvalue weighted by Gasteiger charge is 2.36. The number of benzene rings is 1. The van der Waals surface area contributed by atoms with E-state index >= 15 is 0 Å². The molecule has 178 valence electrons. The number of allylic oxidation sites excluding steroid dienone is 6. The van der Waals surface area contributed by atoms with E-state index in [4.69, 9.17) is 9.47 Å². The molecule has 1 aromatic carbocycles. The van der Waals surface area contributed by atoms with Crippen LogP contribution in [0.3, 0.4) is 0 Å². The molecule has 1 aromatic rings. The molecule has 0 saturated heterocycles. The van der Waals surface area contributed by atoms with Crippen LogP contribution in [0.25, 0.3) is 0 Å². The Hall–Kier alpha value is -2.22. The Bertz CT molecular complexity index is 983. The average molecular weight is 447 g/mol. The van der Waals surface area contributed by atoms with Gasteiger partial charge in [-0.3, -0.25) is 0 Å². The van der Waals surface area contributed by atoms with Crippen LogP contribution in [0.5, 0.6) is 5.75 Å². The first kappa shape index (κ1) is 23.9. The van der Waals surface area contributed by atoms with Crippen molar-refractivity contribution in [2.24, 2.45) is 11.8 Å². The Kier molecular flexibility index (Phi) is 7.22. The third kappa shape index (κ3) is 5.15. The van der Waals surface area contributed by atoms with Crippen LogP contribution in [0, 0.1) is 11.8 Å². The lowest BCUT2D eigenvalue weighted by Gasteiger charge is -2.30. The number of aryl methyl sites for hydroxylation is 1. The second-order valence-electron chi connectivity index (χ2n) is 10.9. The Morgan fingerprint density at radius 2 is 1.73 bits per heavy atom. The molecular weight excluding hydrogens is 404 g/mol. The molecule has 0 N–H and O–H groups in total. The SMILES string of the molecule is C=C1C(CCc2cc(OCCC)cc(C(C)(C)C)c2)C=C2C3=C(CCCC3)C(OCC)=CC12. The van der Waals surface area contributed by atoms with E-state index in [2.05, 4.69) is 71.5 Å². The number of hydrogen-bond acceptors (Lipinski definition) is 2. The molecule has 0 radical (unpaired) electrons. The number of hydrogen-bond donors (Lipinski definition) is 0. The summed E-state index contributed by atoms with van der Waals surface area (Å²) in [5, 5.41) is 0. The van der Waals surface area contributed by atoms with Gasteiger partial charge in [-0.05, 0) is 109 Å². The summed E-state index contributed by atoms with van der Waals surface area (Å²) in [4.78, 5) is 0. The molecule has 3 aliphatic rings. The van der Waals surface area contributed by atoms with Crippen molar-refractivity contribution in [3.8, 4) is 5.75 Å². The first-order valence-electron chi connectivity index (χ1n) is 13.1. The lowest BCUT2D eigenvalue weighted by molar-refractivity contribution is 0.230. The van der Waals surface area contributed by atoms with Gasteiger partial charge in [-0.25, -0.2) is 0 Å². The zero-order valence-electron chi connectivity index (χ0n) is 21.4. The van der Waals surface area contributed by atoms with Crippen LogP contribution < -0.4 is 4.74 Å². The van der Waals surface area contributed by atoms with Crippen molar-refractivity contribution in [2.45, 2.75) is 85.0 Å². The van der Waals surface area contributed by atoms with Crippen molar-refractivity contribution in [3.05, 3.63) is 76.1 Å². The van der Waals surface area contributed by atoms with Crippen LogP contribution in [0.4, 0.5) is 0 Å². The number of rotatable bonds is 8. The first-order valence-corrected chi connectivity index (χ1v) is 13.1. The number of fused-ring (bicyclic) bond motifs is 2. The fourth-order valence-corrected chi connectivity index (χ4v) is 5.51. The third-order valence-electron chi connectivity index (χ3n) is 7.37. The maximum Gasteiger partial charge on any atom is 0.119 e. The predicted octanol–water partition coefficient (Wildman–Crippen LogP) is 8.24. The second-order valence-corrected chi connectivity index (χ2v) is 10.9. The standard InChI is InChI=1S/C31H42O2/c1-7-15-33-25-17-22(16-24(19-25)31(4,5)6)13-14-23-18-29-26-11-9-10-12-27(26)30(32-8-2)20-28(29)21(23)3/h16-20,23,28H,3,7-15H2,1-2,4-6H3. The molecule has 0 aromatic heterocycles. The fourth-order valence-electron chi connectivity index (χ4n) is 5.51. The number of ether oxygens (including phenoxy) is 2. The van der Waals surface area contributed by atoms with E-state index in [0.29, 0.717) is 11.8 Å². The van der Waals surface area contributed by atoms with Crippen molar-refractivity contribution >= 4 is 0 Å². The molecule has 2 atom stereocenters. The van der Waals surface area contributed by atoms with Crippen molar-refractivity contribution < 1.29 is 9.47 Å². The smallest absolute Gasteiger partial charge is 0.119 e. The summed E-state index contributed by atoms with van der Waals surface area (Å²) in [6, 6.07) is 6.85. The van der Waals surface area contributed by atoms with Crippen LogP contribution in [0.1, 0.15) is 84.3 Å². The van der Waals surface area contributed by atoms with E-state index in [1.165, 1.54) is 47.1 Å². The molecule has 4 rings (SSSR count). The van der Waals surface area contributed by atoms with Gasteiger partial charge in [0.15, 0.2) is 0 Å². The van der Waals surface area contributed by atoms with Gasteiger partial charge < -0.3 is 9.47 Å². The average Bonchev–Trinajstić information content (AvgIpc) is 3.11. The van der Waals surface area contributed by atoms with Crippen LogP contribution in [0.15, 0.2) is 65.0 Å². The van der Waals surface area contributed by atoms with Crippen LogP contribution >= 0.6 is 0 Å². The lowest BCUT2D eigenvalue weighted by Crippen LogP contribution is -2.16. The van der Waals surface area contributed by atoms with E-state index in [0.717, 1.165) is 50.4 Å². The first-order chi connectivity index (χ1) is 15.8. The molecule has 2 heteroatoms. The van der Waals surface area contributed by atoms with E-state index < -0.39 is 0 Å². The summed E-state index contributed by atoms with van der Waals surface area (Å²) in [6.07, 6.45) is 13.0. The molecule has 0 heterocycles. The zero-order chi connectivity index (χ0) is 23.6. The summed E-state index contributed by atoms with van der Waals surface area (Å²) in [7, 11) is 0. The van der Waals surface area contributed by atoms with Crippen molar-refractivity contribution in [2.75, 3.05) is 13.2 Å². The molecule has 0 aliphatic heterocycles. The van der Waals surface area contributed by atoms with E-state index in [9.17, 15) is 0 Å². The maximum absolute atomic E-state index is 6.08. The second kappa shape index (κ2) is 9.95. The molecule has 0 saturated carbocycles. The molecule has 2 unspecified atom stereocenters. The normalized spacial score (nSPS) is 22.5. The minimum atomic E-state index is 0.110. The van der Waals surface area contributed by atoms with Gasteiger partial charge in [-0.2, -0.15) is 0 Å². The molecule has 3 aliphatic carbocycles. The van der Waals surface area contributed by atoms with E-state index in [1.54, 1.807) is 5.57 Å². The Balaban J connectivity index is 1.55. The molecule has 2 nitrogen and oxygen atoms in total. The Morgan fingerprint density at radius 1 is 0.970 bits per heavy atom. The summed E-state index contributed by atoms with van der Waals surface area (Å²) in [6.45, 7) is 17.2. The quantitative estimate of drug-likeness (QED) is 0.374. The predicted molar refractivity (Wildman–Crippen MR) is 139 cm³/mol. The highest BCUT2D eigenvalue weighted by atomic mass is 16.5. The van der Waals surface area contributed by atoms with Gasteiger partial charge >= 0.3 is 0 Å². The summed E-state index contributed by atoms with van der Waals surface area (Å²) in [5.41, 5.74) is 8.73. The molecule has 0 bridgehead atoms. The van der Waals surface area contributed by atoms with Gasteiger partial charge in [0.05, 0.1) is 13.2 Å². The molecule has 33 heavy (non-hydrogen) atoms. The fraction of sp³-hybridized carbons (Fsp3) is 0.548. The third-order valence-corrected chi connectivity index (χ3v) is 7.37. The van der Waals surface area contributed by atoms with Gasteiger partial charge in [0.2, 0.25) is 0 Å². The topological polar surface area (TPSA) is 18.5 Å². The largest absolute Gasteiger partial charge is 0.494 e.